The van der Waals surface area contributed by atoms with Crippen molar-refractivity contribution in [1.29, 1.82) is 0 Å². The summed E-state index contributed by atoms with van der Waals surface area (Å²) in [4.78, 5) is 25.6. The van der Waals surface area contributed by atoms with Crippen molar-refractivity contribution in [1.82, 2.24) is 15.1 Å². The van der Waals surface area contributed by atoms with Crippen molar-refractivity contribution in [2.75, 3.05) is 13.2 Å². The Bertz CT molecular complexity index is 1020. The van der Waals surface area contributed by atoms with E-state index in [0.29, 0.717) is 5.56 Å². The third-order valence-corrected chi connectivity index (χ3v) is 4.23. The molecular formula is C20H17BrN4O4. The zero-order chi connectivity index (χ0) is 20.6. The summed E-state index contributed by atoms with van der Waals surface area (Å²) in [6, 6.07) is 16.2. The number of carbonyl (C=O) groups excluding carboxylic acids is 2. The fourth-order valence-corrected chi connectivity index (χ4v) is 2.57. The zero-order valence-electron chi connectivity index (χ0n) is 15.5. The molecule has 148 valence electrons. The van der Waals surface area contributed by atoms with Crippen LogP contribution in [-0.4, -0.2) is 46.3 Å². The molecule has 2 aromatic carbocycles. The number of esters is 1. The van der Waals surface area contributed by atoms with Crippen LogP contribution in [-0.2, 0) is 4.74 Å². The van der Waals surface area contributed by atoms with Crippen LogP contribution in [0.4, 0.5) is 0 Å². The summed E-state index contributed by atoms with van der Waals surface area (Å²) in [5.74, 6) is -1.05. The number of rotatable bonds is 8. The van der Waals surface area contributed by atoms with Gasteiger partial charge in [0.1, 0.15) is 0 Å². The molecule has 1 heterocycles. The minimum absolute atomic E-state index is 0.0684. The highest BCUT2D eigenvalue weighted by Crippen LogP contribution is 2.18. The van der Waals surface area contributed by atoms with E-state index in [1.54, 1.807) is 31.2 Å². The van der Waals surface area contributed by atoms with Crippen LogP contribution in [0.3, 0.4) is 0 Å². The summed E-state index contributed by atoms with van der Waals surface area (Å²) in [5.41, 5.74) is 1.14. The Labute approximate surface area is 175 Å². The smallest absolute Gasteiger partial charge is 0.364 e. The highest BCUT2D eigenvalue weighted by atomic mass is 79.9. The molecule has 0 atom stereocenters. The van der Waals surface area contributed by atoms with E-state index in [0.717, 1.165) is 14.8 Å². The molecule has 9 heteroatoms. The van der Waals surface area contributed by atoms with Crippen molar-refractivity contribution in [3.8, 4) is 5.88 Å². The quantitative estimate of drug-likeness (QED) is 0.293. The monoisotopic (exact) mass is 456 g/mol. The summed E-state index contributed by atoms with van der Waals surface area (Å²) in [6.07, 6.45) is 1.53. The van der Waals surface area contributed by atoms with Gasteiger partial charge in [0, 0.05) is 10.0 Å². The fourth-order valence-electron chi connectivity index (χ4n) is 2.31. The van der Waals surface area contributed by atoms with E-state index in [1.165, 1.54) is 6.21 Å². The first-order valence-electron chi connectivity index (χ1n) is 8.72. The Morgan fingerprint density at radius 3 is 2.55 bits per heavy atom. The number of aromatic nitrogens is 3. The average molecular weight is 457 g/mol. The Kier molecular flexibility index (Phi) is 6.85. The van der Waals surface area contributed by atoms with E-state index in [9.17, 15) is 9.59 Å². The number of nitrogens with zero attached hydrogens (tertiary/aromatic N) is 4. The Morgan fingerprint density at radius 1 is 1.14 bits per heavy atom. The van der Waals surface area contributed by atoms with Crippen LogP contribution >= 0.6 is 15.9 Å². The summed E-state index contributed by atoms with van der Waals surface area (Å²) < 4.78 is 11.4. The highest BCUT2D eigenvalue weighted by Gasteiger charge is 2.23. The largest absolute Gasteiger partial charge is 0.466 e. The van der Waals surface area contributed by atoms with Crippen molar-refractivity contribution >= 4 is 33.9 Å². The number of hydrogen-bond donors (Lipinski definition) is 0. The van der Waals surface area contributed by atoms with Crippen LogP contribution in [0.15, 0.2) is 64.2 Å². The first-order valence-corrected chi connectivity index (χ1v) is 9.51. The highest BCUT2D eigenvalue weighted by molar-refractivity contribution is 9.10. The van der Waals surface area contributed by atoms with E-state index >= 15 is 0 Å². The third kappa shape index (κ3) is 5.35. The molecule has 0 N–H and O–H groups in total. The number of carbonyl (C=O) groups is 2. The summed E-state index contributed by atoms with van der Waals surface area (Å²) in [6.45, 7) is 1.52. The molecule has 3 aromatic rings. The molecule has 29 heavy (non-hydrogen) atoms. The number of halogens is 1. The van der Waals surface area contributed by atoms with Crippen LogP contribution in [0, 0.1) is 0 Å². The van der Waals surface area contributed by atoms with Crippen LogP contribution in [0.2, 0.25) is 0 Å². The van der Waals surface area contributed by atoms with Gasteiger partial charge >= 0.3 is 5.97 Å². The third-order valence-electron chi connectivity index (χ3n) is 3.70. The van der Waals surface area contributed by atoms with Crippen molar-refractivity contribution in [3.05, 3.63) is 75.9 Å². The van der Waals surface area contributed by atoms with Gasteiger partial charge in [0.05, 0.1) is 12.8 Å². The Balaban J connectivity index is 1.82. The molecule has 0 saturated carbocycles. The van der Waals surface area contributed by atoms with E-state index in [1.807, 2.05) is 30.3 Å². The standard InChI is InChI=1S/C20H17BrN4O4/c1-2-28-20(27)18-19(29-13-17(26)15-8-10-16(21)11-9-15)25(24-23-18)22-12-14-6-4-3-5-7-14/h3-12H,2,13H2,1H3/b22-12-. The molecule has 0 radical (unpaired) electrons. The topological polar surface area (TPSA) is 95.7 Å². The molecule has 0 fully saturated rings. The molecule has 0 aliphatic rings. The number of ketones is 1. The molecule has 0 aliphatic heterocycles. The van der Waals surface area contributed by atoms with Gasteiger partial charge in [-0.1, -0.05) is 63.2 Å². The van der Waals surface area contributed by atoms with E-state index in [4.69, 9.17) is 9.47 Å². The minimum atomic E-state index is -0.709. The maximum absolute atomic E-state index is 12.4. The van der Waals surface area contributed by atoms with Crippen molar-refractivity contribution < 1.29 is 19.1 Å². The van der Waals surface area contributed by atoms with Crippen LogP contribution < -0.4 is 4.74 Å². The predicted molar refractivity (Wildman–Crippen MR) is 109 cm³/mol. The lowest BCUT2D eigenvalue weighted by molar-refractivity contribution is 0.0512. The van der Waals surface area contributed by atoms with Gasteiger partial charge in [0.15, 0.2) is 12.4 Å². The molecule has 3 rings (SSSR count). The SMILES string of the molecule is CCOC(=O)c1nnn(/N=C\c2ccccc2)c1OCC(=O)c1ccc(Br)cc1. The number of Topliss-reactive ketones (excluding diaryl/α,β-unsaturated/α-hetero) is 1. The Morgan fingerprint density at radius 2 is 1.86 bits per heavy atom. The van der Waals surface area contributed by atoms with Crippen LogP contribution in [0.1, 0.15) is 33.3 Å². The minimum Gasteiger partial charge on any atom is -0.466 e. The first-order chi connectivity index (χ1) is 14.1. The van der Waals surface area contributed by atoms with Crippen LogP contribution in [0.5, 0.6) is 5.88 Å². The van der Waals surface area contributed by atoms with E-state index in [2.05, 4.69) is 31.3 Å². The van der Waals surface area contributed by atoms with Crippen LogP contribution in [0.25, 0.3) is 0 Å². The van der Waals surface area contributed by atoms with E-state index in [-0.39, 0.29) is 30.6 Å². The van der Waals surface area contributed by atoms with Gasteiger partial charge in [-0.3, -0.25) is 4.79 Å². The van der Waals surface area contributed by atoms with Gasteiger partial charge in [0.25, 0.3) is 5.88 Å². The number of ether oxygens (including phenoxy) is 2. The molecule has 0 bridgehead atoms. The molecule has 0 unspecified atom stereocenters. The molecule has 1 aromatic heterocycles. The normalized spacial score (nSPS) is 10.8. The molecule has 0 spiro atoms. The lowest BCUT2D eigenvalue weighted by Gasteiger charge is -2.07. The lowest BCUT2D eigenvalue weighted by Crippen LogP contribution is -2.15. The Hall–Kier alpha value is -3.33. The van der Waals surface area contributed by atoms with Gasteiger partial charge < -0.3 is 9.47 Å². The van der Waals surface area contributed by atoms with Gasteiger partial charge in [-0.2, -0.15) is 5.10 Å². The van der Waals surface area contributed by atoms with E-state index < -0.39 is 5.97 Å². The zero-order valence-corrected chi connectivity index (χ0v) is 17.1. The molecular weight excluding hydrogens is 440 g/mol. The number of benzene rings is 2. The van der Waals surface area contributed by atoms with Gasteiger partial charge in [0.2, 0.25) is 5.69 Å². The molecule has 0 aliphatic carbocycles. The fraction of sp³-hybridized carbons (Fsp3) is 0.150. The van der Waals surface area contributed by atoms with Crippen molar-refractivity contribution in [2.45, 2.75) is 6.92 Å². The second-order valence-corrected chi connectivity index (χ2v) is 6.64. The summed E-state index contributed by atoms with van der Waals surface area (Å²) in [7, 11) is 0. The average Bonchev–Trinajstić information content (AvgIpc) is 3.15. The maximum atomic E-state index is 12.4. The second-order valence-electron chi connectivity index (χ2n) is 5.73. The van der Waals surface area contributed by atoms with Gasteiger partial charge in [-0.15, -0.1) is 5.10 Å². The van der Waals surface area contributed by atoms with Gasteiger partial charge in [-0.05, 0) is 29.8 Å². The lowest BCUT2D eigenvalue weighted by atomic mass is 10.1. The van der Waals surface area contributed by atoms with Crippen molar-refractivity contribution in [3.63, 3.8) is 0 Å². The summed E-state index contributed by atoms with van der Waals surface area (Å²) in [5, 5.41) is 11.8. The second kappa shape index (κ2) is 9.74. The predicted octanol–water partition coefficient (Wildman–Crippen LogP) is 3.36. The number of hydrogen-bond acceptors (Lipinski definition) is 7. The molecule has 0 saturated heterocycles. The summed E-state index contributed by atoms with van der Waals surface area (Å²) >= 11 is 3.32. The first kappa shape index (κ1) is 20.4. The molecule has 0 amide bonds. The molecule has 8 nitrogen and oxygen atoms in total. The maximum Gasteiger partial charge on any atom is 0.364 e. The van der Waals surface area contributed by atoms with Gasteiger partial charge in [-0.25, -0.2) is 4.79 Å². The van der Waals surface area contributed by atoms with Crippen molar-refractivity contribution in [2.24, 2.45) is 5.10 Å².